The molecule has 2 fully saturated rings. The summed E-state index contributed by atoms with van der Waals surface area (Å²) in [6.07, 6.45) is 13.3. The van der Waals surface area contributed by atoms with Crippen molar-refractivity contribution in [2.24, 2.45) is 10.7 Å². The molecule has 1 saturated heterocycles. The van der Waals surface area contributed by atoms with Crippen LogP contribution < -0.4 is 16.8 Å². The van der Waals surface area contributed by atoms with Gasteiger partial charge >= 0.3 is 5.97 Å². The summed E-state index contributed by atoms with van der Waals surface area (Å²) in [5, 5.41) is 3.37. The van der Waals surface area contributed by atoms with Crippen LogP contribution in [0.1, 0.15) is 117 Å². The zero-order chi connectivity index (χ0) is 32.0. The second kappa shape index (κ2) is 13.9. The number of benzene rings is 1. The van der Waals surface area contributed by atoms with Gasteiger partial charge in [-0.05, 0) is 50.3 Å². The summed E-state index contributed by atoms with van der Waals surface area (Å²) in [5.41, 5.74) is 11.0. The third-order valence-electron chi connectivity index (χ3n) is 9.17. The molecule has 1 saturated carbocycles. The number of ether oxygens (including phenoxy) is 2. The number of esters is 1. The highest BCUT2D eigenvalue weighted by atomic mass is 16.7. The molecule has 1 aromatic heterocycles. The number of aromatic nitrogens is 1. The van der Waals surface area contributed by atoms with E-state index in [2.05, 4.69) is 17.2 Å². The molecule has 10 nitrogen and oxygen atoms in total. The topological polar surface area (TPSA) is 162 Å². The Bertz CT molecular complexity index is 1480. The molecule has 2 aliphatic carbocycles. The molecule has 3 atom stereocenters. The van der Waals surface area contributed by atoms with Gasteiger partial charge in [0.1, 0.15) is 5.82 Å². The average Bonchev–Trinajstić information content (AvgIpc) is 3.75. The molecule has 0 unspecified atom stereocenters. The maximum absolute atomic E-state index is 13.9. The number of hydrogen-bond donors (Lipinski definition) is 3. The molecule has 0 amide bonds. The second-order valence-corrected chi connectivity index (χ2v) is 12.5. The van der Waals surface area contributed by atoms with Gasteiger partial charge in [-0.1, -0.05) is 81.4 Å². The molecular formula is C35H45N5O5. The Balaban J connectivity index is 1.37. The molecule has 1 aromatic carbocycles. The van der Waals surface area contributed by atoms with Crippen molar-refractivity contribution < 1.29 is 23.9 Å². The van der Waals surface area contributed by atoms with Crippen molar-refractivity contribution in [3.8, 4) is 0 Å². The summed E-state index contributed by atoms with van der Waals surface area (Å²) < 4.78 is 11.6. The average molecular weight is 616 g/mol. The quantitative estimate of drug-likeness (QED) is 0.0511. The standard InChI is InChI=1S/C35H45N5O5/c1-3-4-5-11-20-44-32(43)35-31(42)27-15-10-9-14-26(27)30(41)34(35,45-35)18-16-23(2)21-28(24-17-19-38-29(36)22-24)40-33(37)39-25-12-7-6-8-13-25/h9-10,14-17,19,22,25,28H,3-8,11-13,18,20-21H2,1-2H3,(H2,36,38)(H3,37,39,40)/b23-16+/t28-,34+,35+/m1/s1. The number of carbonyl (C=O) groups excluding carboxylic acids is 3. The Morgan fingerprint density at radius 2 is 1.87 bits per heavy atom. The minimum atomic E-state index is -1.98. The van der Waals surface area contributed by atoms with Crippen molar-refractivity contribution in [3.63, 3.8) is 0 Å². The number of nitrogens with zero attached hydrogens (tertiary/aromatic N) is 2. The van der Waals surface area contributed by atoms with E-state index in [1.807, 2.05) is 19.1 Å². The number of Topliss-reactive ketones (excluding diaryl/α,β-unsaturated/α-hetero) is 2. The lowest BCUT2D eigenvalue weighted by Crippen LogP contribution is -2.50. The number of nitrogens with one attached hydrogen (secondary N) is 1. The second-order valence-electron chi connectivity index (χ2n) is 12.5. The highest BCUT2D eigenvalue weighted by molar-refractivity contribution is 6.32. The van der Waals surface area contributed by atoms with Crippen LogP contribution in [-0.2, 0) is 14.3 Å². The van der Waals surface area contributed by atoms with E-state index in [0.717, 1.165) is 56.1 Å². The van der Waals surface area contributed by atoms with Gasteiger partial charge in [-0.15, -0.1) is 0 Å². The van der Waals surface area contributed by atoms with Crippen LogP contribution in [0, 0.1) is 0 Å². The van der Waals surface area contributed by atoms with Gasteiger partial charge in [0.25, 0.3) is 5.60 Å². The lowest BCUT2D eigenvalue weighted by atomic mass is 9.72. The maximum atomic E-state index is 13.9. The van der Waals surface area contributed by atoms with E-state index in [-0.39, 0.29) is 42.0 Å². The third-order valence-corrected chi connectivity index (χ3v) is 9.17. The highest BCUT2D eigenvalue weighted by Gasteiger charge is 2.85. The molecule has 10 heteroatoms. The van der Waals surface area contributed by atoms with E-state index in [0.29, 0.717) is 24.6 Å². The van der Waals surface area contributed by atoms with Crippen LogP contribution in [0.15, 0.2) is 59.2 Å². The third kappa shape index (κ3) is 6.66. The van der Waals surface area contributed by atoms with Crippen LogP contribution in [0.5, 0.6) is 0 Å². The molecule has 0 bridgehead atoms. The molecule has 0 radical (unpaired) electrons. The van der Waals surface area contributed by atoms with Gasteiger partial charge in [0.15, 0.2) is 17.3 Å². The first-order valence-corrected chi connectivity index (χ1v) is 16.2. The number of hydrogen-bond acceptors (Lipinski definition) is 8. The number of aliphatic imine (C=N–C) groups is 1. The van der Waals surface area contributed by atoms with Crippen LogP contribution in [0.2, 0.25) is 0 Å². The smallest absolute Gasteiger partial charge is 0.350 e. The van der Waals surface area contributed by atoms with Gasteiger partial charge in [0.2, 0.25) is 5.78 Å². The Kier molecular flexibility index (Phi) is 10.0. The fourth-order valence-corrected chi connectivity index (χ4v) is 6.61. The molecule has 5 N–H and O–H groups in total. The van der Waals surface area contributed by atoms with Crippen molar-refractivity contribution >= 4 is 29.3 Å². The first kappa shape index (κ1) is 32.3. The highest BCUT2D eigenvalue weighted by Crippen LogP contribution is 2.58. The lowest BCUT2D eigenvalue weighted by molar-refractivity contribution is -0.148. The van der Waals surface area contributed by atoms with Gasteiger partial charge in [0.05, 0.1) is 18.7 Å². The van der Waals surface area contributed by atoms with Crippen LogP contribution >= 0.6 is 0 Å². The first-order chi connectivity index (χ1) is 21.7. The molecule has 0 spiro atoms. The Morgan fingerprint density at radius 1 is 1.13 bits per heavy atom. The van der Waals surface area contributed by atoms with E-state index in [4.69, 9.17) is 25.9 Å². The van der Waals surface area contributed by atoms with Crippen LogP contribution in [0.25, 0.3) is 0 Å². The number of nitrogens with two attached hydrogens (primary N) is 2. The van der Waals surface area contributed by atoms with E-state index >= 15 is 0 Å². The number of pyridine rings is 1. The fraction of sp³-hybridized carbons (Fsp3) is 0.514. The van der Waals surface area contributed by atoms with E-state index < -0.39 is 23.0 Å². The molecular weight excluding hydrogens is 570 g/mol. The van der Waals surface area contributed by atoms with Gasteiger partial charge in [-0.2, -0.15) is 0 Å². The largest absolute Gasteiger partial charge is 0.463 e. The maximum Gasteiger partial charge on any atom is 0.350 e. The number of ketones is 2. The summed E-state index contributed by atoms with van der Waals surface area (Å²) in [5.74, 6) is -0.955. The van der Waals surface area contributed by atoms with Crippen LogP contribution in [-0.4, -0.2) is 52.3 Å². The van der Waals surface area contributed by atoms with Crippen molar-refractivity contribution in [2.45, 2.75) is 108 Å². The predicted molar refractivity (Wildman–Crippen MR) is 173 cm³/mol. The summed E-state index contributed by atoms with van der Waals surface area (Å²) in [7, 11) is 0. The van der Waals surface area contributed by atoms with Crippen LogP contribution in [0.4, 0.5) is 5.82 Å². The monoisotopic (exact) mass is 615 g/mol. The number of anilines is 1. The van der Waals surface area contributed by atoms with Gasteiger partial charge < -0.3 is 26.3 Å². The Hall–Kier alpha value is -4.05. The number of fused-ring (bicyclic) bond motifs is 2. The van der Waals surface area contributed by atoms with Gasteiger partial charge in [-0.25, -0.2) is 9.78 Å². The summed E-state index contributed by atoms with van der Waals surface area (Å²) >= 11 is 0. The normalized spacial score (nSPS) is 24.0. The number of guanidine groups is 1. The lowest BCUT2D eigenvalue weighted by Gasteiger charge is -2.24. The fourth-order valence-electron chi connectivity index (χ4n) is 6.61. The Morgan fingerprint density at radius 3 is 2.58 bits per heavy atom. The summed E-state index contributed by atoms with van der Waals surface area (Å²) in [6.45, 7) is 4.20. The molecule has 2 heterocycles. The molecule has 45 heavy (non-hydrogen) atoms. The SMILES string of the molecule is CCCCCCOC(=O)[C@]12O[C@@]1(C/C=C(\C)C[C@@H](NC(N)=NC1CCCCC1)c1ccnc(N)c1)C(=O)c1ccccc1C2=O. The zero-order valence-corrected chi connectivity index (χ0v) is 26.3. The zero-order valence-electron chi connectivity index (χ0n) is 26.3. The number of carbonyl (C=O) groups is 3. The van der Waals surface area contributed by atoms with Crippen molar-refractivity contribution in [3.05, 3.63) is 70.9 Å². The van der Waals surface area contributed by atoms with E-state index in [1.165, 1.54) is 6.42 Å². The molecule has 1 aliphatic heterocycles. The number of unbranched alkanes of at least 4 members (excludes halogenated alkanes) is 3. The van der Waals surface area contributed by atoms with E-state index in [9.17, 15) is 14.4 Å². The number of nitrogen functional groups attached to an aromatic ring is 1. The number of epoxide rings is 1. The van der Waals surface area contributed by atoms with Crippen molar-refractivity contribution in [2.75, 3.05) is 12.3 Å². The summed E-state index contributed by atoms with van der Waals surface area (Å²) in [4.78, 5) is 50.0. The number of rotatable bonds is 13. The summed E-state index contributed by atoms with van der Waals surface area (Å²) in [6, 6.07) is 10.1. The Labute approximate surface area is 265 Å². The molecule has 240 valence electrons. The molecule has 5 rings (SSSR count). The first-order valence-electron chi connectivity index (χ1n) is 16.2. The predicted octanol–water partition coefficient (Wildman–Crippen LogP) is 5.38. The van der Waals surface area contributed by atoms with E-state index in [1.54, 1.807) is 36.5 Å². The van der Waals surface area contributed by atoms with Crippen LogP contribution in [0.3, 0.4) is 0 Å². The van der Waals surface area contributed by atoms with Crippen molar-refractivity contribution in [1.82, 2.24) is 10.3 Å². The van der Waals surface area contributed by atoms with Gasteiger partial charge in [0, 0.05) is 23.7 Å². The van der Waals surface area contributed by atoms with Crippen molar-refractivity contribution in [1.29, 1.82) is 0 Å². The van der Waals surface area contributed by atoms with Gasteiger partial charge in [-0.3, -0.25) is 14.6 Å². The minimum Gasteiger partial charge on any atom is -0.463 e. The molecule has 2 aromatic rings. The molecule has 3 aliphatic rings. The minimum absolute atomic E-state index is 0.0412.